The highest BCUT2D eigenvalue weighted by atomic mass is 16.5. The lowest BCUT2D eigenvalue weighted by molar-refractivity contribution is -0.138. The van der Waals surface area contributed by atoms with Crippen molar-refractivity contribution < 1.29 is 14.6 Å². The highest BCUT2D eigenvalue weighted by molar-refractivity contribution is 5.79. The van der Waals surface area contributed by atoms with Crippen LogP contribution in [0.25, 0.3) is 0 Å². The van der Waals surface area contributed by atoms with Crippen molar-refractivity contribution in [1.82, 2.24) is 0 Å². The van der Waals surface area contributed by atoms with E-state index in [1.54, 1.807) is 6.92 Å². The Bertz CT molecular complexity index is 498. The van der Waals surface area contributed by atoms with Crippen LogP contribution in [0.15, 0.2) is 18.2 Å². The molecule has 1 heterocycles. The molecule has 0 fully saturated rings. The molecular formula is C16H23NO3. The normalized spacial score (nSPS) is 19.4. The second-order valence-corrected chi connectivity index (χ2v) is 5.70. The molecule has 1 aromatic carbocycles. The molecule has 0 amide bonds. The van der Waals surface area contributed by atoms with E-state index in [0.717, 1.165) is 17.9 Å². The largest absolute Gasteiger partial charge is 0.486 e. The van der Waals surface area contributed by atoms with Crippen molar-refractivity contribution in [2.75, 3.05) is 11.4 Å². The number of carboxylic acids is 1. The smallest absolute Gasteiger partial charge is 0.326 e. The first kappa shape index (κ1) is 14.7. The summed E-state index contributed by atoms with van der Waals surface area (Å²) in [5.74, 6) is 0.398. The topological polar surface area (TPSA) is 49.8 Å². The van der Waals surface area contributed by atoms with E-state index in [1.807, 2.05) is 11.0 Å². The Labute approximate surface area is 120 Å². The number of nitrogens with zero attached hydrogens (tertiary/aromatic N) is 1. The summed E-state index contributed by atoms with van der Waals surface area (Å²) in [6.45, 7) is 8.67. The Morgan fingerprint density at radius 2 is 2.15 bits per heavy atom. The van der Waals surface area contributed by atoms with Gasteiger partial charge < -0.3 is 14.7 Å². The van der Waals surface area contributed by atoms with Crippen molar-refractivity contribution >= 4 is 11.7 Å². The Morgan fingerprint density at radius 1 is 1.45 bits per heavy atom. The minimum atomic E-state index is -0.803. The lowest BCUT2D eigenvalue weighted by atomic mass is 10.0. The van der Waals surface area contributed by atoms with Gasteiger partial charge in [-0.3, -0.25) is 0 Å². The molecule has 0 aromatic heterocycles. The van der Waals surface area contributed by atoms with Gasteiger partial charge in [0, 0.05) is 0 Å². The number of carbonyl (C=O) groups is 1. The van der Waals surface area contributed by atoms with Crippen LogP contribution in [0.2, 0.25) is 0 Å². The summed E-state index contributed by atoms with van der Waals surface area (Å²) in [7, 11) is 0. The zero-order valence-electron chi connectivity index (χ0n) is 12.6. The molecule has 0 saturated carbocycles. The average Bonchev–Trinajstić information content (AvgIpc) is 2.44. The first-order valence-electron chi connectivity index (χ1n) is 7.24. The summed E-state index contributed by atoms with van der Waals surface area (Å²) >= 11 is 0. The van der Waals surface area contributed by atoms with Crippen molar-refractivity contribution in [3.8, 4) is 5.75 Å². The van der Waals surface area contributed by atoms with E-state index in [9.17, 15) is 9.90 Å². The third kappa shape index (κ3) is 2.74. The van der Waals surface area contributed by atoms with Crippen LogP contribution in [0.1, 0.15) is 45.6 Å². The van der Waals surface area contributed by atoms with Gasteiger partial charge in [0.15, 0.2) is 0 Å². The molecule has 1 N–H and O–H groups in total. The van der Waals surface area contributed by atoms with E-state index < -0.39 is 12.0 Å². The van der Waals surface area contributed by atoms with Crippen LogP contribution in [0.4, 0.5) is 5.69 Å². The van der Waals surface area contributed by atoms with E-state index in [1.165, 1.54) is 5.56 Å². The Balaban J connectivity index is 2.43. The first-order chi connectivity index (χ1) is 9.43. The molecule has 110 valence electrons. The van der Waals surface area contributed by atoms with Gasteiger partial charge in [-0.05, 0) is 37.0 Å². The first-order valence-corrected chi connectivity index (χ1v) is 7.24. The minimum Gasteiger partial charge on any atom is -0.486 e. The fourth-order valence-corrected chi connectivity index (χ4v) is 2.46. The molecular weight excluding hydrogens is 254 g/mol. The lowest BCUT2D eigenvalue weighted by Gasteiger charge is -2.38. The minimum absolute atomic E-state index is 0.0502. The maximum Gasteiger partial charge on any atom is 0.326 e. The zero-order chi connectivity index (χ0) is 14.9. The predicted octanol–water partition coefficient (Wildman–Crippen LogP) is 3.26. The second-order valence-electron chi connectivity index (χ2n) is 5.70. The van der Waals surface area contributed by atoms with Crippen molar-refractivity contribution in [2.24, 2.45) is 0 Å². The third-order valence-corrected chi connectivity index (χ3v) is 3.93. The molecule has 0 spiro atoms. The summed E-state index contributed by atoms with van der Waals surface area (Å²) in [6.07, 6.45) is 0.919. The monoisotopic (exact) mass is 277 g/mol. The van der Waals surface area contributed by atoms with Crippen molar-refractivity contribution in [3.63, 3.8) is 0 Å². The number of rotatable bonds is 4. The Kier molecular flexibility index (Phi) is 4.21. The molecule has 2 unspecified atom stereocenters. The van der Waals surface area contributed by atoms with Gasteiger partial charge in [-0.15, -0.1) is 0 Å². The molecule has 0 aliphatic carbocycles. The molecule has 1 aliphatic heterocycles. The van der Waals surface area contributed by atoms with E-state index in [2.05, 4.69) is 32.9 Å². The predicted molar refractivity (Wildman–Crippen MR) is 79.7 cm³/mol. The molecule has 20 heavy (non-hydrogen) atoms. The fraction of sp³-hybridized carbons (Fsp3) is 0.562. The Morgan fingerprint density at radius 3 is 2.70 bits per heavy atom. The highest BCUT2D eigenvalue weighted by Gasteiger charge is 2.31. The number of anilines is 1. The lowest BCUT2D eigenvalue weighted by Crippen LogP contribution is -2.47. The molecule has 1 aliphatic rings. The SMILES string of the molecule is CCC1CN(C(C)C(=O)O)c2cc(C(C)C)ccc2O1. The van der Waals surface area contributed by atoms with Crippen LogP contribution in [0.3, 0.4) is 0 Å². The standard InChI is InChI=1S/C16H23NO3/c1-5-13-9-17(11(4)16(18)19)14-8-12(10(2)3)6-7-15(14)20-13/h6-8,10-11,13H,5,9H2,1-4H3,(H,18,19). The van der Waals surface area contributed by atoms with Crippen LogP contribution in [0.5, 0.6) is 5.75 Å². The van der Waals surface area contributed by atoms with Gasteiger partial charge in [0.1, 0.15) is 17.9 Å². The molecule has 2 rings (SSSR count). The summed E-state index contributed by atoms with van der Waals surface area (Å²) in [6, 6.07) is 5.54. The summed E-state index contributed by atoms with van der Waals surface area (Å²) in [4.78, 5) is 13.3. The molecule has 0 saturated heterocycles. The maximum absolute atomic E-state index is 11.3. The van der Waals surface area contributed by atoms with Gasteiger partial charge in [-0.25, -0.2) is 4.79 Å². The van der Waals surface area contributed by atoms with Crippen molar-refractivity contribution in [3.05, 3.63) is 23.8 Å². The number of fused-ring (bicyclic) bond motifs is 1. The number of carboxylic acid groups (broad SMARTS) is 1. The van der Waals surface area contributed by atoms with Crippen molar-refractivity contribution in [2.45, 2.75) is 52.2 Å². The molecule has 4 heteroatoms. The number of aliphatic carboxylic acids is 1. The summed E-state index contributed by atoms with van der Waals surface area (Å²) < 4.78 is 5.94. The van der Waals surface area contributed by atoms with E-state index >= 15 is 0 Å². The number of benzene rings is 1. The summed E-state index contributed by atoms with van der Waals surface area (Å²) in [5, 5.41) is 9.31. The highest BCUT2D eigenvalue weighted by Crippen LogP contribution is 2.37. The van der Waals surface area contributed by atoms with Gasteiger partial charge >= 0.3 is 5.97 Å². The molecule has 0 radical (unpaired) electrons. The maximum atomic E-state index is 11.3. The van der Waals surface area contributed by atoms with Crippen molar-refractivity contribution in [1.29, 1.82) is 0 Å². The van der Waals surface area contributed by atoms with E-state index in [-0.39, 0.29) is 6.10 Å². The number of hydrogen-bond acceptors (Lipinski definition) is 3. The van der Waals surface area contributed by atoms with Gasteiger partial charge in [-0.1, -0.05) is 26.8 Å². The molecule has 0 bridgehead atoms. The van der Waals surface area contributed by atoms with Crippen LogP contribution in [0, 0.1) is 0 Å². The fourth-order valence-electron chi connectivity index (χ4n) is 2.46. The van der Waals surface area contributed by atoms with Gasteiger partial charge in [0.2, 0.25) is 0 Å². The van der Waals surface area contributed by atoms with Crippen LogP contribution in [-0.2, 0) is 4.79 Å². The summed E-state index contributed by atoms with van der Waals surface area (Å²) in [5.41, 5.74) is 2.10. The van der Waals surface area contributed by atoms with Gasteiger partial charge in [-0.2, -0.15) is 0 Å². The second kappa shape index (κ2) is 5.73. The zero-order valence-corrected chi connectivity index (χ0v) is 12.6. The van der Waals surface area contributed by atoms with Crippen LogP contribution < -0.4 is 9.64 Å². The number of ether oxygens (including phenoxy) is 1. The molecule has 4 nitrogen and oxygen atoms in total. The van der Waals surface area contributed by atoms with Crippen LogP contribution >= 0.6 is 0 Å². The van der Waals surface area contributed by atoms with E-state index in [4.69, 9.17) is 4.74 Å². The third-order valence-electron chi connectivity index (χ3n) is 3.93. The van der Waals surface area contributed by atoms with E-state index in [0.29, 0.717) is 12.5 Å². The quantitative estimate of drug-likeness (QED) is 0.917. The average molecular weight is 277 g/mol. The molecule has 2 atom stereocenters. The Hall–Kier alpha value is -1.71. The number of hydrogen-bond donors (Lipinski definition) is 1. The van der Waals surface area contributed by atoms with Gasteiger partial charge in [0.05, 0.1) is 12.2 Å². The van der Waals surface area contributed by atoms with Crippen LogP contribution in [-0.4, -0.2) is 29.8 Å². The molecule has 1 aromatic rings. The van der Waals surface area contributed by atoms with Gasteiger partial charge in [0.25, 0.3) is 0 Å².